The van der Waals surface area contributed by atoms with Crippen LogP contribution in [0, 0.1) is 0 Å². The molecule has 3 aromatic rings. The van der Waals surface area contributed by atoms with Gasteiger partial charge in [-0.2, -0.15) is 13.2 Å². The third kappa shape index (κ3) is 5.18. The minimum atomic E-state index is -4.65. The second kappa shape index (κ2) is 8.66. The molecular weight excluding hydrogens is 453 g/mol. The summed E-state index contributed by atoms with van der Waals surface area (Å²) in [5.41, 5.74) is -1.34. The summed E-state index contributed by atoms with van der Waals surface area (Å²) in [6.45, 7) is 5.16. The highest BCUT2D eigenvalue weighted by molar-refractivity contribution is 7.18. The number of thiazole rings is 1. The number of hydrogen-bond acceptors (Lipinski definition) is 6. The largest absolute Gasteiger partial charge is 0.433 e. The Hall–Kier alpha value is -2.56. The summed E-state index contributed by atoms with van der Waals surface area (Å²) >= 11 is 1.54. The van der Waals surface area contributed by atoms with E-state index in [-0.39, 0.29) is 5.69 Å². The summed E-state index contributed by atoms with van der Waals surface area (Å²) in [6.07, 6.45) is -2.63. The highest BCUT2D eigenvalue weighted by Gasteiger charge is 2.33. The number of anilines is 1. The average Bonchev–Trinajstić information content (AvgIpc) is 3.15. The second-order valence-electron chi connectivity index (χ2n) is 8.91. The predicted molar refractivity (Wildman–Crippen MR) is 122 cm³/mol. The number of nitrogens with one attached hydrogen (secondary N) is 1. The van der Waals surface area contributed by atoms with Crippen LogP contribution in [-0.4, -0.2) is 46.0 Å². The molecule has 0 radical (unpaired) electrons. The lowest BCUT2D eigenvalue weighted by atomic mass is 9.95. The molecule has 2 aromatic heterocycles. The summed E-state index contributed by atoms with van der Waals surface area (Å²) in [7, 11) is 2.10. The van der Waals surface area contributed by atoms with Gasteiger partial charge in [0.25, 0.3) is 5.91 Å². The second-order valence-corrected chi connectivity index (χ2v) is 9.98. The van der Waals surface area contributed by atoms with E-state index >= 15 is 0 Å². The lowest BCUT2D eigenvalue weighted by Crippen LogP contribution is -2.29. The normalized spacial score (nSPS) is 16.3. The molecule has 33 heavy (non-hydrogen) atoms. The zero-order valence-electron chi connectivity index (χ0n) is 18.5. The molecule has 2 N–H and O–H groups in total. The van der Waals surface area contributed by atoms with Crippen molar-refractivity contribution in [2.45, 2.75) is 44.4 Å². The number of pyridine rings is 1. The molecule has 0 aliphatic carbocycles. The van der Waals surface area contributed by atoms with Gasteiger partial charge >= 0.3 is 6.18 Å². The molecule has 1 saturated heterocycles. The van der Waals surface area contributed by atoms with E-state index in [1.54, 1.807) is 37.3 Å². The first kappa shape index (κ1) is 23.6. The van der Waals surface area contributed by atoms with Gasteiger partial charge in [0.2, 0.25) is 0 Å². The first-order valence-electron chi connectivity index (χ1n) is 10.6. The predicted octanol–water partition coefficient (Wildman–Crippen LogP) is 5.00. The molecule has 0 spiro atoms. The Morgan fingerprint density at radius 3 is 2.52 bits per heavy atom. The van der Waals surface area contributed by atoms with Crippen molar-refractivity contribution < 1.29 is 23.1 Å². The summed E-state index contributed by atoms with van der Waals surface area (Å²) < 4.78 is 39.8. The standard InChI is InChI=1S/C23H25F3N4O2S/c1-22(2,32)14-11-17-18(33-21(29-17)13-7-9-30(3)10-8-13)12-16(14)28-20(31)15-5-4-6-19(27-15)23(24,25)26/h4-6,11-13,32H,7-10H2,1-3H3,(H,28,31). The van der Waals surface area contributed by atoms with Crippen LogP contribution in [0.15, 0.2) is 30.3 Å². The first-order valence-corrected chi connectivity index (χ1v) is 11.4. The molecule has 0 unspecified atom stereocenters. The summed E-state index contributed by atoms with van der Waals surface area (Å²) in [6, 6.07) is 6.64. The molecule has 0 saturated carbocycles. The maximum absolute atomic E-state index is 13.0. The van der Waals surface area contributed by atoms with Gasteiger partial charge in [0.15, 0.2) is 0 Å². The Morgan fingerprint density at radius 1 is 1.18 bits per heavy atom. The van der Waals surface area contributed by atoms with Crippen molar-refractivity contribution >= 4 is 33.1 Å². The van der Waals surface area contributed by atoms with E-state index in [9.17, 15) is 23.1 Å². The molecule has 1 aliphatic rings. The number of carbonyl (C=O) groups excluding carboxylic acids is 1. The topological polar surface area (TPSA) is 78.4 Å². The zero-order valence-corrected chi connectivity index (χ0v) is 19.3. The Labute approximate surface area is 193 Å². The fourth-order valence-corrected chi connectivity index (χ4v) is 5.09. The van der Waals surface area contributed by atoms with E-state index in [1.165, 1.54) is 6.07 Å². The van der Waals surface area contributed by atoms with Crippen LogP contribution in [0.4, 0.5) is 18.9 Å². The SMILES string of the molecule is CN1CCC(c2nc3cc(C(C)(C)O)c(NC(=O)c4cccc(C(F)(F)F)n4)cc3s2)CC1. The summed E-state index contributed by atoms with van der Waals surface area (Å²) in [5, 5.41) is 14.4. The van der Waals surface area contributed by atoms with Crippen molar-refractivity contribution in [3.63, 3.8) is 0 Å². The molecular formula is C23H25F3N4O2S. The van der Waals surface area contributed by atoms with Crippen LogP contribution in [0.5, 0.6) is 0 Å². The number of aromatic nitrogens is 2. The van der Waals surface area contributed by atoms with E-state index in [4.69, 9.17) is 4.98 Å². The monoisotopic (exact) mass is 478 g/mol. The maximum atomic E-state index is 13.0. The van der Waals surface area contributed by atoms with E-state index in [0.717, 1.165) is 53.3 Å². The van der Waals surface area contributed by atoms with Gasteiger partial charge < -0.3 is 15.3 Å². The minimum absolute atomic E-state index is 0.317. The van der Waals surface area contributed by atoms with E-state index in [2.05, 4.69) is 22.2 Å². The molecule has 10 heteroatoms. The van der Waals surface area contributed by atoms with Crippen molar-refractivity contribution in [3.05, 3.63) is 52.3 Å². The molecule has 6 nitrogen and oxygen atoms in total. The zero-order chi connectivity index (χ0) is 24.0. The fraction of sp³-hybridized carbons (Fsp3) is 0.435. The Morgan fingerprint density at radius 2 is 1.88 bits per heavy atom. The number of likely N-dealkylation sites (tertiary alicyclic amines) is 1. The van der Waals surface area contributed by atoms with Crippen LogP contribution in [0.25, 0.3) is 10.2 Å². The molecule has 0 bridgehead atoms. The molecule has 0 atom stereocenters. The van der Waals surface area contributed by atoms with Gasteiger partial charge in [-0.3, -0.25) is 4.79 Å². The number of halogens is 3. The van der Waals surface area contributed by atoms with Gasteiger partial charge in [0.05, 0.1) is 20.8 Å². The van der Waals surface area contributed by atoms with Crippen LogP contribution in [0.1, 0.15) is 59.4 Å². The van der Waals surface area contributed by atoms with Crippen LogP contribution in [-0.2, 0) is 11.8 Å². The van der Waals surface area contributed by atoms with Gasteiger partial charge in [0, 0.05) is 17.2 Å². The van der Waals surface area contributed by atoms with Crippen molar-refractivity contribution in [1.82, 2.24) is 14.9 Å². The lowest BCUT2D eigenvalue weighted by molar-refractivity contribution is -0.141. The van der Waals surface area contributed by atoms with E-state index < -0.39 is 23.4 Å². The highest BCUT2D eigenvalue weighted by atomic mass is 32.1. The van der Waals surface area contributed by atoms with Gasteiger partial charge in [-0.15, -0.1) is 11.3 Å². The number of alkyl halides is 3. The smallest absolute Gasteiger partial charge is 0.386 e. The number of hydrogen-bond donors (Lipinski definition) is 2. The molecule has 4 rings (SSSR count). The highest BCUT2D eigenvalue weighted by Crippen LogP contribution is 2.38. The van der Waals surface area contributed by atoms with Crippen LogP contribution in [0.3, 0.4) is 0 Å². The van der Waals surface area contributed by atoms with Crippen molar-refractivity contribution in [2.24, 2.45) is 0 Å². The number of piperidine rings is 1. The molecule has 1 amide bonds. The number of aliphatic hydroxyl groups is 1. The van der Waals surface area contributed by atoms with Crippen LogP contribution >= 0.6 is 11.3 Å². The van der Waals surface area contributed by atoms with Crippen molar-refractivity contribution in [1.29, 1.82) is 0 Å². The fourth-order valence-electron chi connectivity index (χ4n) is 3.94. The van der Waals surface area contributed by atoms with Crippen molar-refractivity contribution in [2.75, 3.05) is 25.5 Å². The first-order chi connectivity index (χ1) is 15.4. The molecule has 3 heterocycles. The van der Waals surface area contributed by atoms with Crippen LogP contribution < -0.4 is 5.32 Å². The number of benzene rings is 1. The lowest BCUT2D eigenvalue weighted by Gasteiger charge is -2.27. The number of carbonyl (C=O) groups is 1. The molecule has 1 aromatic carbocycles. The van der Waals surface area contributed by atoms with Gasteiger partial charge in [0.1, 0.15) is 11.4 Å². The Balaban J connectivity index is 1.68. The van der Waals surface area contributed by atoms with E-state index in [0.29, 0.717) is 17.2 Å². The minimum Gasteiger partial charge on any atom is -0.386 e. The van der Waals surface area contributed by atoms with Gasteiger partial charge in [-0.05, 0) is 71.1 Å². The molecule has 1 aliphatic heterocycles. The van der Waals surface area contributed by atoms with Crippen molar-refractivity contribution in [3.8, 4) is 0 Å². The Bertz CT molecular complexity index is 1180. The van der Waals surface area contributed by atoms with Gasteiger partial charge in [-0.1, -0.05) is 6.07 Å². The van der Waals surface area contributed by atoms with Gasteiger partial charge in [-0.25, -0.2) is 9.97 Å². The molecule has 176 valence electrons. The average molecular weight is 479 g/mol. The third-order valence-corrected chi connectivity index (χ3v) is 6.97. The molecule has 1 fully saturated rings. The number of amides is 1. The summed E-state index contributed by atoms with van der Waals surface area (Å²) in [5.74, 6) is -0.428. The quantitative estimate of drug-likeness (QED) is 0.552. The number of nitrogens with zero attached hydrogens (tertiary/aromatic N) is 3. The maximum Gasteiger partial charge on any atom is 0.433 e. The number of rotatable bonds is 4. The summed E-state index contributed by atoms with van der Waals surface area (Å²) in [4.78, 5) is 23.3. The van der Waals surface area contributed by atoms with E-state index in [1.807, 2.05) is 0 Å². The third-order valence-electron chi connectivity index (χ3n) is 5.79. The number of fused-ring (bicyclic) bond motifs is 1. The Kier molecular flexibility index (Phi) is 6.19. The van der Waals surface area contributed by atoms with Crippen LogP contribution in [0.2, 0.25) is 0 Å².